The van der Waals surface area contributed by atoms with Crippen LogP contribution in [0.5, 0.6) is 0 Å². The van der Waals surface area contributed by atoms with Crippen LogP contribution in [0.2, 0.25) is 0 Å². The summed E-state index contributed by atoms with van der Waals surface area (Å²) in [5, 5.41) is 0. The Morgan fingerprint density at radius 1 is 1.14 bits per heavy atom. The first-order valence-corrected chi connectivity index (χ1v) is 6.48. The van der Waals surface area contributed by atoms with Gasteiger partial charge in [-0.05, 0) is 36.2 Å². The zero-order valence-electron chi connectivity index (χ0n) is 11.6. The van der Waals surface area contributed by atoms with E-state index >= 15 is 0 Å². The fourth-order valence-electron chi connectivity index (χ4n) is 2.04. The molecule has 2 aromatic carbocycles. The molecule has 0 bridgehead atoms. The number of hydrogen-bond donors (Lipinski definition) is 0. The van der Waals surface area contributed by atoms with Gasteiger partial charge >= 0.3 is 12.1 Å². The van der Waals surface area contributed by atoms with Crippen molar-refractivity contribution in [3.05, 3.63) is 59.4 Å². The predicted molar refractivity (Wildman–Crippen MR) is 72.8 cm³/mol. The predicted octanol–water partition coefficient (Wildman–Crippen LogP) is 4.69. The first kappa shape index (κ1) is 16.0. The van der Waals surface area contributed by atoms with E-state index in [0.717, 1.165) is 18.2 Å². The minimum atomic E-state index is -4.52. The number of benzene rings is 2. The molecule has 116 valence electrons. The van der Waals surface area contributed by atoms with Gasteiger partial charge in [-0.2, -0.15) is 13.2 Å². The second kappa shape index (κ2) is 6.17. The summed E-state index contributed by atoms with van der Waals surface area (Å²) in [5.41, 5.74) is -1.09. The van der Waals surface area contributed by atoms with Crippen LogP contribution in [-0.2, 0) is 10.9 Å². The summed E-state index contributed by atoms with van der Waals surface area (Å²) in [4.78, 5) is 11.9. The van der Waals surface area contributed by atoms with E-state index < -0.39 is 23.5 Å². The van der Waals surface area contributed by atoms with Crippen LogP contribution in [-0.4, -0.2) is 12.6 Å². The van der Waals surface area contributed by atoms with Crippen LogP contribution in [0.4, 0.5) is 17.6 Å². The average Bonchev–Trinajstić information content (AvgIpc) is 2.46. The molecule has 0 fully saturated rings. The first-order valence-electron chi connectivity index (χ1n) is 6.48. The molecule has 0 radical (unpaired) electrons. The number of esters is 1. The van der Waals surface area contributed by atoms with Crippen LogP contribution in [0, 0.1) is 5.82 Å². The lowest BCUT2D eigenvalue weighted by Crippen LogP contribution is -2.10. The number of carbonyl (C=O) groups is 1. The SMILES string of the molecule is CCOC(=O)c1c(F)cccc1-c1cccc(C(F)(F)F)c1. The Morgan fingerprint density at radius 2 is 1.82 bits per heavy atom. The van der Waals surface area contributed by atoms with Crippen molar-refractivity contribution in [3.63, 3.8) is 0 Å². The largest absolute Gasteiger partial charge is 0.462 e. The smallest absolute Gasteiger partial charge is 0.416 e. The van der Waals surface area contributed by atoms with Gasteiger partial charge in [-0.1, -0.05) is 24.3 Å². The maximum Gasteiger partial charge on any atom is 0.416 e. The van der Waals surface area contributed by atoms with Crippen molar-refractivity contribution in [2.45, 2.75) is 13.1 Å². The lowest BCUT2D eigenvalue weighted by Gasteiger charge is -2.12. The highest BCUT2D eigenvalue weighted by Crippen LogP contribution is 2.33. The fraction of sp³-hybridized carbons (Fsp3) is 0.188. The molecule has 0 saturated carbocycles. The van der Waals surface area contributed by atoms with E-state index in [-0.39, 0.29) is 23.3 Å². The molecule has 0 atom stereocenters. The minimum absolute atomic E-state index is 0.0369. The highest BCUT2D eigenvalue weighted by atomic mass is 19.4. The van der Waals surface area contributed by atoms with Crippen molar-refractivity contribution in [3.8, 4) is 11.1 Å². The number of hydrogen-bond acceptors (Lipinski definition) is 2. The first-order chi connectivity index (χ1) is 10.3. The molecule has 6 heteroatoms. The van der Waals surface area contributed by atoms with Crippen molar-refractivity contribution in [1.82, 2.24) is 0 Å². The summed E-state index contributed by atoms with van der Waals surface area (Å²) in [5.74, 6) is -1.75. The van der Waals surface area contributed by atoms with E-state index in [1.54, 1.807) is 6.92 Å². The Morgan fingerprint density at radius 3 is 2.45 bits per heavy atom. The Hall–Kier alpha value is -2.37. The molecule has 0 amide bonds. The van der Waals surface area contributed by atoms with Crippen LogP contribution >= 0.6 is 0 Å². The number of ether oxygens (including phenoxy) is 1. The van der Waals surface area contributed by atoms with E-state index in [0.29, 0.717) is 0 Å². The number of alkyl halides is 3. The zero-order valence-corrected chi connectivity index (χ0v) is 11.6. The summed E-state index contributed by atoms with van der Waals surface area (Å²) in [7, 11) is 0. The number of halogens is 4. The molecule has 0 aliphatic carbocycles. The summed E-state index contributed by atoms with van der Waals surface area (Å²) in [6.07, 6.45) is -4.52. The van der Waals surface area contributed by atoms with Crippen molar-refractivity contribution in [1.29, 1.82) is 0 Å². The second-order valence-corrected chi connectivity index (χ2v) is 4.46. The Bertz CT molecular complexity index is 693. The highest BCUT2D eigenvalue weighted by molar-refractivity contribution is 5.97. The van der Waals surface area contributed by atoms with Crippen molar-refractivity contribution >= 4 is 5.97 Å². The highest BCUT2D eigenvalue weighted by Gasteiger charge is 2.31. The molecule has 0 N–H and O–H groups in total. The molecule has 2 nitrogen and oxygen atoms in total. The molecule has 22 heavy (non-hydrogen) atoms. The van der Waals surface area contributed by atoms with E-state index in [1.165, 1.54) is 24.3 Å². The Kier molecular flexibility index (Phi) is 4.49. The molecule has 0 heterocycles. The third kappa shape index (κ3) is 3.27. The van der Waals surface area contributed by atoms with Gasteiger partial charge in [-0.15, -0.1) is 0 Å². The lowest BCUT2D eigenvalue weighted by atomic mass is 9.97. The maximum absolute atomic E-state index is 13.9. The molecule has 0 saturated heterocycles. The monoisotopic (exact) mass is 312 g/mol. The van der Waals surface area contributed by atoms with Gasteiger partial charge in [0.1, 0.15) is 11.4 Å². The van der Waals surface area contributed by atoms with Gasteiger partial charge in [0.2, 0.25) is 0 Å². The van der Waals surface area contributed by atoms with Gasteiger partial charge in [-0.25, -0.2) is 9.18 Å². The Labute approximate surface area is 124 Å². The third-order valence-electron chi connectivity index (χ3n) is 2.99. The molecule has 0 aliphatic heterocycles. The summed E-state index contributed by atoms with van der Waals surface area (Å²) >= 11 is 0. The van der Waals surface area contributed by atoms with E-state index in [9.17, 15) is 22.4 Å². The molecule has 0 spiro atoms. The molecule has 2 aromatic rings. The standard InChI is InChI=1S/C16H12F4O2/c1-2-22-15(21)14-12(7-4-8-13(14)17)10-5-3-6-11(9-10)16(18,19)20/h3-9H,2H2,1H3. The van der Waals surface area contributed by atoms with Gasteiger partial charge in [0, 0.05) is 0 Å². The maximum atomic E-state index is 13.9. The van der Waals surface area contributed by atoms with Gasteiger partial charge in [0.15, 0.2) is 0 Å². The van der Waals surface area contributed by atoms with Crippen molar-refractivity contribution in [2.24, 2.45) is 0 Å². The Balaban J connectivity index is 2.58. The van der Waals surface area contributed by atoms with E-state index in [4.69, 9.17) is 4.74 Å². The second-order valence-electron chi connectivity index (χ2n) is 4.46. The lowest BCUT2D eigenvalue weighted by molar-refractivity contribution is -0.137. The topological polar surface area (TPSA) is 26.3 Å². The minimum Gasteiger partial charge on any atom is -0.462 e. The van der Waals surface area contributed by atoms with Gasteiger partial charge < -0.3 is 4.74 Å². The number of rotatable bonds is 3. The molecular weight excluding hydrogens is 300 g/mol. The molecule has 0 aliphatic rings. The summed E-state index contributed by atoms with van der Waals surface area (Å²) in [6.45, 7) is 1.60. The van der Waals surface area contributed by atoms with Crippen LogP contribution < -0.4 is 0 Å². The van der Waals surface area contributed by atoms with Crippen LogP contribution in [0.25, 0.3) is 11.1 Å². The van der Waals surface area contributed by atoms with Gasteiger partial charge in [0.05, 0.1) is 12.2 Å². The third-order valence-corrected chi connectivity index (χ3v) is 2.99. The van der Waals surface area contributed by atoms with E-state index in [1.807, 2.05) is 0 Å². The van der Waals surface area contributed by atoms with Crippen molar-refractivity contribution < 1.29 is 27.1 Å². The van der Waals surface area contributed by atoms with Crippen LogP contribution in [0.1, 0.15) is 22.8 Å². The molecule has 0 unspecified atom stereocenters. The normalized spacial score (nSPS) is 11.3. The van der Waals surface area contributed by atoms with E-state index in [2.05, 4.69) is 0 Å². The number of carbonyl (C=O) groups excluding carboxylic acids is 1. The fourth-order valence-corrected chi connectivity index (χ4v) is 2.04. The molecule has 2 rings (SSSR count). The molecule has 0 aromatic heterocycles. The summed E-state index contributed by atoms with van der Waals surface area (Å²) < 4.78 is 57.0. The average molecular weight is 312 g/mol. The summed E-state index contributed by atoms with van der Waals surface area (Å²) in [6, 6.07) is 8.14. The van der Waals surface area contributed by atoms with Gasteiger partial charge in [0.25, 0.3) is 0 Å². The molecular formula is C16H12F4O2. The van der Waals surface area contributed by atoms with Crippen molar-refractivity contribution in [2.75, 3.05) is 6.61 Å². The van der Waals surface area contributed by atoms with Gasteiger partial charge in [-0.3, -0.25) is 0 Å². The van der Waals surface area contributed by atoms with Crippen LogP contribution in [0.15, 0.2) is 42.5 Å². The van der Waals surface area contributed by atoms with Crippen LogP contribution in [0.3, 0.4) is 0 Å². The quantitative estimate of drug-likeness (QED) is 0.607. The zero-order chi connectivity index (χ0) is 16.3.